The minimum absolute atomic E-state index is 0.0679. The Morgan fingerprint density at radius 1 is 1.00 bits per heavy atom. The average molecular weight is 379 g/mol. The van der Waals surface area contributed by atoms with Crippen LogP contribution in [-0.4, -0.2) is 34.8 Å². The molecule has 0 aliphatic carbocycles. The summed E-state index contributed by atoms with van der Waals surface area (Å²) in [5.74, 6) is -0.0493. The summed E-state index contributed by atoms with van der Waals surface area (Å²) in [6.07, 6.45) is 4.09. The topological polar surface area (TPSA) is 49.4 Å². The molecule has 1 atom stereocenters. The van der Waals surface area contributed by atoms with E-state index in [9.17, 15) is 9.59 Å². The first kappa shape index (κ1) is 20.1. The molecule has 1 N–H and O–H groups in total. The third-order valence-corrected chi connectivity index (χ3v) is 5.13. The monoisotopic (exact) mass is 378 g/mol. The second-order valence-corrected chi connectivity index (χ2v) is 8.60. The summed E-state index contributed by atoms with van der Waals surface area (Å²) in [5.41, 5.74) is 2.26. The number of benzene rings is 2. The number of carbonyl (C=O) groups excluding carboxylic acids is 2. The lowest BCUT2D eigenvalue weighted by molar-refractivity contribution is 0.0730. The highest BCUT2D eigenvalue weighted by Gasteiger charge is 2.29. The molecule has 4 heteroatoms. The standard InChI is InChI=1S/C24H30N2O2/c1-24(2,3)25-22(27)19-12-14-20(15-13-19)23(28)26-17-7-10-21(26)16-11-18-8-5-4-6-9-18/h4-6,8-9,12-15,21H,7,10-11,16-17H2,1-3H3,(H,25,27). The summed E-state index contributed by atoms with van der Waals surface area (Å²) in [7, 11) is 0. The van der Waals surface area contributed by atoms with Gasteiger partial charge in [-0.15, -0.1) is 0 Å². The van der Waals surface area contributed by atoms with Gasteiger partial charge in [0.05, 0.1) is 0 Å². The van der Waals surface area contributed by atoms with Crippen LogP contribution in [0.5, 0.6) is 0 Å². The van der Waals surface area contributed by atoms with E-state index in [4.69, 9.17) is 0 Å². The van der Waals surface area contributed by atoms with Crippen molar-refractivity contribution in [3.05, 3.63) is 71.3 Å². The largest absolute Gasteiger partial charge is 0.347 e. The highest BCUT2D eigenvalue weighted by atomic mass is 16.2. The van der Waals surface area contributed by atoms with Crippen LogP contribution in [0.3, 0.4) is 0 Å². The van der Waals surface area contributed by atoms with Crippen LogP contribution in [0, 0.1) is 0 Å². The predicted molar refractivity (Wildman–Crippen MR) is 112 cm³/mol. The quantitative estimate of drug-likeness (QED) is 0.835. The van der Waals surface area contributed by atoms with Crippen LogP contribution in [0.1, 0.15) is 66.3 Å². The molecule has 1 heterocycles. The average Bonchev–Trinajstić information content (AvgIpc) is 3.14. The van der Waals surface area contributed by atoms with Gasteiger partial charge in [0.1, 0.15) is 0 Å². The van der Waals surface area contributed by atoms with Gasteiger partial charge in [0.2, 0.25) is 0 Å². The fraction of sp³-hybridized carbons (Fsp3) is 0.417. The van der Waals surface area contributed by atoms with Crippen LogP contribution in [0.2, 0.25) is 0 Å². The number of nitrogens with zero attached hydrogens (tertiary/aromatic N) is 1. The minimum atomic E-state index is -0.285. The van der Waals surface area contributed by atoms with E-state index in [2.05, 4.69) is 29.6 Å². The van der Waals surface area contributed by atoms with E-state index in [1.165, 1.54) is 5.56 Å². The van der Waals surface area contributed by atoms with Gasteiger partial charge < -0.3 is 10.2 Å². The van der Waals surface area contributed by atoms with Gasteiger partial charge in [-0.3, -0.25) is 9.59 Å². The molecule has 2 aromatic rings. The number of nitrogens with one attached hydrogen (secondary N) is 1. The summed E-state index contributed by atoms with van der Waals surface area (Å²) >= 11 is 0. The summed E-state index contributed by atoms with van der Waals surface area (Å²) < 4.78 is 0. The van der Waals surface area contributed by atoms with Crippen molar-refractivity contribution in [2.24, 2.45) is 0 Å². The van der Waals surface area contributed by atoms with Gasteiger partial charge in [-0.25, -0.2) is 0 Å². The Hall–Kier alpha value is -2.62. The molecule has 4 nitrogen and oxygen atoms in total. The SMILES string of the molecule is CC(C)(C)NC(=O)c1ccc(C(=O)N2CCCC2CCc2ccccc2)cc1. The van der Waals surface area contributed by atoms with Gasteiger partial charge in [0.25, 0.3) is 11.8 Å². The van der Waals surface area contributed by atoms with E-state index in [0.29, 0.717) is 11.1 Å². The fourth-order valence-electron chi connectivity index (χ4n) is 3.72. The van der Waals surface area contributed by atoms with Gasteiger partial charge in [-0.2, -0.15) is 0 Å². The molecule has 0 aromatic heterocycles. The van der Waals surface area contributed by atoms with Crippen LogP contribution in [0.25, 0.3) is 0 Å². The van der Waals surface area contributed by atoms with E-state index < -0.39 is 0 Å². The first-order valence-electron chi connectivity index (χ1n) is 10.1. The number of likely N-dealkylation sites (tertiary alicyclic amines) is 1. The lowest BCUT2D eigenvalue weighted by Crippen LogP contribution is -2.40. The molecule has 2 aromatic carbocycles. The molecule has 0 spiro atoms. The molecule has 1 fully saturated rings. The van der Waals surface area contributed by atoms with Crippen LogP contribution >= 0.6 is 0 Å². The number of aryl methyl sites for hydroxylation is 1. The summed E-state index contributed by atoms with van der Waals surface area (Å²) in [5, 5.41) is 2.94. The third kappa shape index (κ3) is 5.22. The molecule has 1 unspecified atom stereocenters. The van der Waals surface area contributed by atoms with Crippen molar-refractivity contribution >= 4 is 11.8 Å². The Labute approximate surface area is 167 Å². The Morgan fingerprint density at radius 2 is 1.64 bits per heavy atom. The van der Waals surface area contributed by atoms with Gasteiger partial charge >= 0.3 is 0 Å². The maximum absolute atomic E-state index is 13.0. The lowest BCUT2D eigenvalue weighted by Gasteiger charge is -2.25. The van der Waals surface area contributed by atoms with Crippen molar-refractivity contribution in [3.63, 3.8) is 0 Å². The Morgan fingerprint density at radius 3 is 2.29 bits per heavy atom. The second-order valence-electron chi connectivity index (χ2n) is 8.60. The normalized spacial score (nSPS) is 16.8. The zero-order chi connectivity index (χ0) is 20.1. The Bertz CT molecular complexity index is 807. The molecule has 0 radical (unpaired) electrons. The van der Waals surface area contributed by atoms with Gasteiger partial charge in [0.15, 0.2) is 0 Å². The van der Waals surface area contributed by atoms with Crippen molar-refractivity contribution in [1.29, 1.82) is 0 Å². The van der Waals surface area contributed by atoms with Gasteiger partial charge in [-0.1, -0.05) is 30.3 Å². The number of hydrogen-bond donors (Lipinski definition) is 1. The van der Waals surface area contributed by atoms with Crippen molar-refractivity contribution in [2.75, 3.05) is 6.54 Å². The smallest absolute Gasteiger partial charge is 0.254 e. The first-order chi connectivity index (χ1) is 13.3. The zero-order valence-corrected chi connectivity index (χ0v) is 17.1. The van der Waals surface area contributed by atoms with E-state index in [0.717, 1.165) is 32.2 Å². The van der Waals surface area contributed by atoms with Crippen LogP contribution in [0.15, 0.2) is 54.6 Å². The molecule has 1 aliphatic rings. The fourth-order valence-corrected chi connectivity index (χ4v) is 3.72. The lowest BCUT2D eigenvalue weighted by atomic mass is 10.0. The Kier molecular flexibility index (Phi) is 6.18. The van der Waals surface area contributed by atoms with E-state index >= 15 is 0 Å². The van der Waals surface area contributed by atoms with Crippen molar-refractivity contribution < 1.29 is 9.59 Å². The third-order valence-electron chi connectivity index (χ3n) is 5.13. The highest BCUT2D eigenvalue weighted by Crippen LogP contribution is 2.24. The Balaban J connectivity index is 1.63. The first-order valence-corrected chi connectivity index (χ1v) is 10.1. The zero-order valence-electron chi connectivity index (χ0n) is 17.1. The summed E-state index contributed by atoms with van der Waals surface area (Å²) in [6, 6.07) is 17.7. The molecule has 1 aliphatic heterocycles. The van der Waals surface area contributed by atoms with Crippen LogP contribution < -0.4 is 5.32 Å². The number of carbonyl (C=O) groups is 2. The van der Waals surface area contributed by atoms with Crippen molar-refractivity contribution in [2.45, 2.75) is 58.0 Å². The van der Waals surface area contributed by atoms with Gasteiger partial charge in [0, 0.05) is 29.3 Å². The molecular formula is C24H30N2O2. The summed E-state index contributed by atoms with van der Waals surface area (Å²) in [6.45, 7) is 6.66. The maximum atomic E-state index is 13.0. The van der Waals surface area contributed by atoms with Crippen LogP contribution in [-0.2, 0) is 6.42 Å². The number of hydrogen-bond acceptors (Lipinski definition) is 2. The van der Waals surface area contributed by atoms with E-state index in [-0.39, 0.29) is 23.4 Å². The molecule has 1 saturated heterocycles. The minimum Gasteiger partial charge on any atom is -0.347 e. The maximum Gasteiger partial charge on any atom is 0.254 e. The van der Waals surface area contributed by atoms with Crippen LogP contribution in [0.4, 0.5) is 0 Å². The van der Waals surface area contributed by atoms with E-state index in [1.807, 2.05) is 31.7 Å². The molecule has 2 amide bonds. The van der Waals surface area contributed by atoms with Gasteiger partial charge in [-0.05, 0) is 76.3 Å². The summed E-state index contributed by atoms with van der Waals surface area (Å²) in [4.78, 5) is 27.3. The molecule has 0 bridgehead atoms. The molecule has 148 valence electrons. The number of amides is 2. The molecule has 0 saturated carbocycles. The van der Waals surface area contributed by atoms with Crippen molar-refractivity contribution in [1.82, 2.24) is 10.2 Å². The molecule has 28 heavy (non-hydrogen) atoms. The molecule has 3 rings (SSSR count). The number of rotatable bonds is 5. The predicted octanol–water partition coefficient (Wildman–Crippen LogP) is 4.45. The highest BCUT2D eigenvalue weighted by molar-refractivity contribution is 5.98. The van der Waals surface area contributed by atoms with E-state index in [1.54, 1.807) is 24.3 Å². The van der Waals surface area contributed by atoms with Crippen molar-refractivity contribution in [3.8, 4) is 0 Å². The molecular weight excluding hydrogens is 348 g/mol. The second kappa shape index (κ2) is 8.59.